The van der Waals surface area contributed by atoms with Gasteiger partial charge in [0.05, 0.1) is 5.56 Å². The number of hydrogen-bond donors (Lipinski definition) is 2. The molecule has 0 atom stereocenters. The summed E-state index contributed by atoms with van der Waals surface area (Å²) in [6.45, 7) is 0.792. The second-order valence-electron chi connectivity index (χ2n) is 5.52. The Morgan fingerprint density at radius 1 is 0.923 bits per heavy atom. The van der Waals surface area contributed by atoms with Crippen LogP contribution >= 0.6 is 23.2 Å². The molecular formula is C21H19Cl2NO2. The fourth-order valence-corrected chi connectivity index (χ4v) is 3.03. The summed E-state index contributed by atoms with van der Waals surface area (Å²) in [5.74, 6) is -0.894. The summed E-state index contributed by atoms with van der Waals surface area (Å²) in [6, 6.07) is 22.0. The van der Waals surface area contributed by atoms with E-state index in [9.17, 15) is 4.79 Å². The highest BCUT2D eigenvalue weighted by atomic mass is 35.5. The highest BCUT2D eigenvalue weighted by molar-refractivity contribution is 6.34. The fourth-order valence-electron chi connectivity index (χ4n) is 2.46. The van der Waals surface area contributed by atoms with Crippen molar-refractivity contribution < 1.29 is 9.90 Å². The maximum atomic E-state index is 11.0. The van der Waals surface area contributed by atoms with Gasteiger partial charge in [0.15, 0.2) is 0 Å². The third kappa shape index (κ3) is 5.88. The van der Waals surface area contributed by atoms with Gasteiger partial charge in [-0.1, -0.05) is 71.7 Å². The van der Waals surface area contributed by atoms with Gasteiger partial charge in [-0.2, -0.15) is 0 Å². The minimum Gasteiger partial charge on any atom is -0.478 e. The van der Waals surface area contributed by atoms with E-state index in [0.29, 0.717) is 15.6 Å². The van der Waals surface area contributed by atoms with Gasteiger partial charge in [-0.25, -0.2) is 4.79 Å². The van der Waals surface area contributed by atoms with E-state index in [1.54, 1.807) is 18.2 Å². The quantitative estimate of drug-likeness (QED) is 0.597. The van der Waals surface area contributed by atoms with Crippen LogP contribution in [0.5, 0.6) is 0 Å². The molecule has 0 saturated heterocycles. The summed E-state index contributed by atoms with van der Waals surface area (Å²) in [4.78, 5) is 11.0. The molecule has 0 aliphatic heterocycles. The van der Waals surface area contributed by atoms with Crippen LogP contribution in [0.1, 0.15) is 15.9 Å². The van der Waals surface area contributed by atoms with Gasteiger partial charge in [-0.15, -0.1) is 0 Å². The third-order valence-corrected chi connectivity index (χ3v) is 3.98. The second kappa shape index (κ2) is 9.97. The van der Waals surface area contributed by atoms with E-state index in [1.807, 2.05) is 61.6 Å². The molecule has 3 aromatic carbocycles. The average molecular weight is 388 g/mol. The van der Waals surface area contributed by atoms with Crippen LogP contribution in [0.4, 0.5) is 0 Å². The van der Waals surface area contributed by atoms with Crippen molar-refractivity contribution in [2.75, 3.05) is 7.05 Å². The van der Waals surface area contributed by atoms with Gasteiger partial charge < -0.3 is 10.4 Å². The zero-order valence-corrected chi connectivity index (χ0v) is 15.8. The molecule has 3 nitrogen and oxygen atoms in total. The van der Waals surface area contributed by atoms with Crippen LogP contribution < -0.4 is 5.32 Å². The molecule has 0 saturated carbocycles. The van der Waals surface area contributed by atoms with E-state index < -0.39 is 5.97 Å². The maximum Gasteiger partial charge on any atom is 0.336 e. The van der Waals surface area contributed by atoms with Crippen LogP contribution in [0.25, 0.3) is 11.1 Å². The Morgan fingerprint density at radius 3 is 2.08 bits per heavy atom. The zero-order valence-electron chi connectivity index (χ0n) is 14.2. The first-order chi connectivity index (χ1) is 12.5. The molecule has 0 amide bonds. The average Bonchev–Trinajstić information content (AvgIpc) is 2.62. The first-order valence-corrected chi connectivity index (χ1v) is 8.74. The SMILES string of the molecule is CNCc1cc(Cl)cc(Cl)c1.O=C(O)c1ccccc1-c1ccccc1. The molecule has 0 unspecified atom stereocenters. The zero-order chi connectivity index (χ0) is 18.9. The lowest BCUT2D eigenvalue weighted by Crippen LogP contribution is -2.04. The van der Waals surface area contributed by atoms with E-state index in [0.717, 1.165) is 23.2 Å². The van der Waals surface area contributed by atoms with Gasteiger partial charge >= 0.3 is 5.97 Å². The van der Waals surface area contributed by atoms with E-state index in [2.05, 4.69) is 5.32 Å². The summed E-state index contributed by atoms with van der Waals surface area (Å²) in [6.07, 6.45) is 0. The molecule has 3 aromatic rings. The number of nitrogens with one attached hydrogen (secondary N) is 1. The molecule has 0 radical (unpaired) electrons. The van der Waals surface area contributed by atoms with Crippen molar-refractivity contribution >= 4 is 29.2 Å². The molecule has 134 valence electrons. The van der Waals surface area contributed by atoms with E-state index in [4.69, 9.17) is 28.3 Å². The van der Waals surface area contributed by atoms with Gasteiger partial charge in [0, 0.05) is 16.6 Å². The first kappa shape index (κ1) is 20.0. The highest BCUT2D eigenvalue weighted by Gasteiger charge is 2.09. The van der Waals surface area contributed by atoms with Crippen molar-refractivity contribution in [3.8, 4) is 11.1 Å². The highest BCUT2D eigenvalue weighted by Crippen LogP contribution is 2.23. The van der Waals surface area contributed by atoms with Crippen molar-refractivity contribution in [3.05, 3.63) is 94.0 Å². The molecular weight excluding hydrogens is 369 g/mol. The number of carbonyl (C=O) groups is 1. The van der Waals surface area contributed by atoms with Crippen LogP contribution in [0, 0.1) is 0 Å². The molecule has 0 bridgehead atoms. The Morgan fingerprint density at radius 2 is 1.50 bits per heavy atom. The smallest absolute Gasteiger partial charge is 0.336 e. The standard InChI is InChI=1S/C13H10O2.C8H9Cl2N/c14-13(15)12-9-5-4-8-11(12)10-6-2-1-3-7-10;1-11-5-6-2-7(9)4-8(10)3-6/h1-9H,(H,14,15);2-4,11H,5H2,1H3. The van der Waals surface area contributed by atoms with Crippen LogP contribution in [-0.4, -0.2) is 18.1 Å². The van der Waals surface area contributed by atoms with Crippen molar-refractivity contribution in [1.82, 2.24) is 5.32 Å². The number of carboxylic acids is 1. The van der Waals surface area contributed by atoms with Crippen LogP contribution in [0.3, 0.4) is 0 Å². The summed E-state index contributed by atoms with van der Waals surface area (Å²) >= 11 is 11.5. The minimum atomic E-state index is -0.894. The molecule has 0 aromatic heterocycles. The molecule has 0 heterocycles. The van der Waals surface area contributed by atoms with Gasteiger partial charge in [-0.3, -0.25) is 0 Å². The van der Waals surface area contributed by atoms with Crippen LogP contribution in [0.2, 0.25) is 10.0 Å². The molecule has 5 heteroatoms. The summed E-state index contributed by atoms with van der Waals surface area (Å²) in [5, 5.41) is 13.4. The maximum absolute atomic E-state index is 11.0. The lowest BCUT2D eigenvalue weighted by Gasteiger charge is -2.05. The summed E-state index contributed by atoms with van der Waals surface area (Å²) in [5.41, 5.74) is 3.12. The number of carboxylic acid groups (broad SMARTS) is 1. The number of hydrogen-bond acceptors (Lipinski definition) is 2. The monoisotopic (exact) mass is 387 g/mol. The Kier molecular flexibility index (Phi) is 7.67. The normalized spacial score (nSPS) is 9.96. The lowest BCUT2D eigenvalue weighted by molar-refractivity contribution is 0.0697. The Labute approximate surface area is 163 Å². The largest absolute Gasteiger partial charge is 0.478 e. The molecule has 0 aliphatic carbocycles. The molecule has 3 rings (SSSR count). The van der Waals surface area contributed by atoms with Gasteiger partial charge in [0.25, 0.3) is 0 Å². The molecule has 2 N–H and O–H groups in total. The molecule has 0 aliphatic rings. The Hall–Kier alpha value is -2.33. The molecule has 0 fully saturated rings. The lowest BCUT2D eigenvalue weighted by atomic mass is 10.00. The number of rotatable bonds is 4. The Bertz CT molecular complexity index is 847. The van der Waals surface area contributed by atoms with Gasteiger partial charge in [0.1, 0.15) is 0 Å². The molecule has 26 heavy (non-hydrogen) atoms. The fraction of sp³-hybridized carbons (Fsp3) is 0.0952. The van der Waals surface area contributed by atoms with Crippen LogP contribution in [-0.2, 0) is 6.54 Å². The predicted octanol–water partition coefficient (Wildman–Crippen LogP) is 5.76. The predicted molar refractivity (Wildman–Crippen MR) is 108 cm³/mol. The Balaban J connectivity index is 0.000000197. The number of benzene rings is 3. The van der Waals surface area contributed by atoms with E-state index >= 15 is 0 Å². The van der Waals surface area contributed by atoms with Gasteiger partial charge in [0.2, 0.25) is 0 Å². The van der Waals surface area contributed by atoms with E-state index in [-0.39, 0.29) is 0 Å². The van der Waals surface area contributed by atoms with Gasteiger partial charge in [-0.05, 0) is 48.0 Å². The van der Waals surface area contributed by atoms with Crippen molar-refractivity contribution in [1.29, 1.82) is 0 Å². The number of halogens is 2. The second-order valence-corrected chi connectivity index (χ2v) is 6.40. The molecule has 0 spiro atoms. The summed E-state index contributed by atoms with van der Waals surface area (Å²) < 4.78 is 0. The topological polar surface area (TPSA) is 49.3 Å². The van der Waals surface area contributed by atoms with E-state index in [1.165, 1.54) is 0 Å². The van der Waals surface area contributed by atoms with Crippen molar-refractivity contribution in [2.24, 2.45) is 0 Å². The van der Waals surface area contributed by atoms with Crippen LogP contribution in [0.15, 0.2) is 72.8 Å². The third-order valence-electron chi connectivity index (χ3n) is 3.55. The van der Waals surface area contributed by atoms with Crippen molar-refractivity contribution in [3.63, 3.8) is 0 Å². The first-order valence-electron chi connectivity index (χ1n) is 7.98. The minimum absolute atomic E-state index is 0.337. The van der Waals surface area contributed by atoms with Crippen molar-refractivity contribution in [2.45, 2.75) is 6.54 Å². The summed E-state index contributed by atoms with van der Waals surface area (Å²) in [7, 11) is 1.88. The number of aromatic carboxylic acids is 1.